The van der Waals surface area contributed by atoms with Crippen molar-refractivity contribution in [3.63, 3.8) is 0 Å². The van der Waals surface area contributed by atoms with Gasteiger partial charge in [-0.1, -0.05) is 18.2 Å². The van der Waals surface area contributed by atoms with Crippen LogP contribution in [0.15, 0.2) is 46.8 Å². The van der Waals surface area contributed by atoms with E-state index in [2.05, 4.69) is 39.8 Å². The second-order valence-corrected chi connectivity index (χ2v) is 6.66. The number of guanidine groups is 1. The lowest BCUT2D eigenvalue weighted by atomic mass is 10.2. The molecule has 0 aliphatic carbocycles. The smallest absolute Gasteiger partial charge is 0.193 e. The number of rotatable bonds is 9. The van der Waals surface area contributed by atoms with Crippen molar-refractivity contribution < 1.29 is 9.47 Å². The predicted molar refractivity (Wildman–Crippen MR) is 105 cm³/mol. The molecule has 6 heteroatoms. The monoisotopic (exact) mass is 361 g/mol. The van der Waals surface area contributed by atoms with Crippen LogP contribution >= 0.6 is 11.3 Å². The first-order valence-electron chi connectivity index (χ1n) is 8.37. The molecule has 25 heavy (non-hydrogen) atoms. The lowest BCUT2D eigenvalue weighted by Gasteiger charge is -2.21. The summed E-state index contributed by atoms with van der Waals surface area (Å²) in [5.41, 5.74) is 1.11. The molecule has 0 amide bonds. The number of benzene rings is 1. The average Bonchev–Trinajstić information content (AvgIpc) is 3.16. The normalized spacial score (nSPS) is 11.4. The Bertz CT molecular complexity index is 644. The highest BCUT2D eigenvalue weighted by Crippen LogP contribution is 2.13. The summed E-state index contributed by atoms with van der Waals surface area (Å²) in [7, 11) is 5.53. The zero-order valence-electron chi connectivity index (χ0n) is 15.2. The first-order chi connectivity index (χ1) is 12.2. The van der Waals surface area contributed by atoms with Crippen molar-refractivity contribution in [2.24, 2.45) is 4.99 Å². The molecule has 0 radical (unpaired) electrons. The fraction of sp³-hybridized carbons (Fsp3) is 0.421. The highest BCUT2D eigenvalue weighted by Gasteiger charge is 2.06. The van der Waals surface area contributed by atoms with Gasteiger partial charge in [-0.2, -0.15) is 0 Å². The Morgan fingerprint density at radius 3 is 2.88 bits per heavy atom. The Kier molecular flexibility index (Phi) is 8.28. The molecule has 0 atom stereocenters. The molecule has 1 heterocycles. The van der Waals surface area contributed by atoms with E-state index in [4.69, 9.17) is 9.47 Å². The summed E-state index contributed by atoms with van der Waals surface area (Å²) < 4.78 is 10.9. The van der Waals surface area contributed by atoms with Crippen LogP contribution in [0.4, 0.5) is 0 Å². The van der Waals surface area contributed by atoms with Gasteiger partial charge in [0, 0.05) is 32.1 Å². The van der Waals surface area contributed by atoms with Crippen LogP contribution in [0, 0.1) is 0 Å². The van der Waals surface area contributed by atoms with E-state index in [-0.39, 0.29) is 0 Å². The molecule has 1 N–H and O–H groups in total. The predicted octanol–water partition coefficient (Wildman–Crippen LogP) is 3.02. The second-order valence-electron chi connectivity index (χ2n) is 5.63. The zero-order chi connectivity index (χ0) is 17.9. The SMILES string of the molecule is CN=C(NCCOCc1cccc(OC)c1)N(C)CCc1cccs1. The number of nitrogens with zero attached hydrogens (tertiary/aromatic N) is 2. The third-order valence-electron chi connectivity index (χ3n) is 3.78. The number of methoxy groups -OCH3 is 1. The van der Waals surface area contributed by atoms with Crippen molar-refractivity contribution in [2.75, 3.05) is 40.9 Å². The average molecular weight is 362 g/mol. The highest BCUT2D eigenvalue weighted by molar-refractivity contribution is 7.09. The summed E-state index contributed by atoms with van der Waals surface area (Å²) in [6.07, 6.45) is 1.03. The lowest BCUT2D eigenvalue weighted by molar-refractivity contribution is 0.125. The maximum atomic E-state index is 5.72. The number of thiophene rings is 1. The number of hydrogen-bond acceptors (Lipinski definition) is 4. The molecular weight excluding hydrogens is 334 g/mol. The van der Waals surface area contributed by atoms with Gasteiger partial charge in [-0.3, -0.25) is 4.99 Å². The van der Waals surface area contributed by atoms with E-state index < -0.39 is 0 Å². The minimum Gasteiger partial charge on any atom is -0.497 e. The molecule has 1 aromatic carbocycles. The van der Waals surface area contributed by atoms with Gasteiger partial charge in [0.15, 0.2) is 5.96 Å². The van der Waals surface area contributed by atoms with Gasteiger partial charge in [-0.15, -0.1) is 11.3 Å². The number of hydrogen-bond donors (Lipinski definition) is 1. The topological polar surface area (TPSA) is 46.1 Å². The molecule has 1 aromatic heterocycles. The molecular formula is C19H27N3O2S. The molecule has 2 rings (SSSR count). The Hall–Kier alpha value is -2.05. The number of ether oxygens (including phenoxy) is 2. The minimum absolute atomic E-state index is 0.575. The Labute approximate surface area is 154 Å². The van der Waals surface area contributed by atoms with E-state index >= 15 is 0 Å². The molecule has 0 bridgehead atoms. The van der Waals surface area contributed by atoms with Crippen LogP contribution in [0.3, 0.4) is 0 Å². The van der Waals surface area contributed by atoms with Crippen molar-refractivity contribution in [1.82, 2.24) is 10.2 Å². The number of nitrogens with one attached hydrogen (secondary N) is 1. The fourth-order valence-electron chi connectivity index (χ4n) is 2.41. The molecule has 0 spiro atoms. The van der Waals surface area contributed by atoms with Gasteiger partial charge in [0.25, 0.3) is 0 Å². The Morgan fingerprint density at radius 2 is 2.16 bits per heavy atom. The maximum Gasteiger partial charge on any atom is 0.193 e. The quantitative estimate of drug-likeness (QED) is 0.424. The molecule has 0 saturated heterocycles. The van der Waals surface area contributed by atoms with Gasteiger partial charge in [0.05, 0.1) is 20.3 Å². The van der Waals surface area contributed by atoms with Gasteiger partial charge in [-0.05, 0) is 35.6 Å². The first kappa shape index (κ1) is 19.3. The van der Waals surface area contributed by atoms with Gasteiger partial charge in [0.2, 0.25) is 0 Å². The third-order valence-corrected chi connectivity index (χ3v) is 4.72. The molecule has 0 unspecified atom stereocenters. The second kappa shape index (κ2) is 10.7. The molecule has 0 saturated carbocycles. The third kappa shape index (κ3) is 6.76. The van der Waals surface area contributed by atoms with Crippen LogP contribution in [-0.2, 0) is 17.8 Å². The number of likely N-dealkylation sites (N-methyl/N-ethyl adjacent to an activating group) is 1. The zero-order valence-corrected chi connectivity index (χ0v) is 16.0. The van der Waals surface area contributed by atoms with E-state index in [1.54, 1.807) is 25.5 Å². The maximum absolute atomic E-state index is 5.72. The summed E-state index contributed by atoms with van der Waals surface area (Å²) in [5, 5.41) is 5.45. The van der Waals surface area contributed by atoms with Gasteiger partial charge in [0.1, 0.15) is 5.75 Å². The molecule has 0 fully saturated rings. The van der Waals surface area contributed by atoms with Crippen molar-refractivity contribution in [2.45, 2.75) is 13.0 Å². The van der Waals surface area contributed by atoms with Crippen LogP contribution in [-0.4, -0.2) is 51.8 Å². The van der Waals surface area contributed by atoms with Crippen LogP contribution in [0.5, 0.6) is 5.75 Å². The minimum atomic E-state index is 0.575. The Balaban J connectivity index is 1.64. The van der Waals surface area contributed by atoms with Crippen molar-refractivity contribution in [3.05, 3.63) is 52.2 Å². The largest absolute Gasteiger partial charge is 0.497 e. The van der Waals surface area contributed by atoms with Crippen molar-refractivity contribution in [3.8, 4) is 5.75 Å². The number of aliphatic imine (C=N–C) groups is 1. The van der Waals surface area contributed by atoms with E-state index in [0.717, 1.165) is 36.8 Å². The Morgan fingerprint density at radius 1 is 1.28 bits per heavy atom. The van der Waals surface area contributed by atoms with E-state index in [9.17, 15) is 0 Å². The molecule has 136 valence electrons. The van der Waals surface area contributed by atoms with Gasteiger partial charge < -0.3 is 19.7 Å². The lowest BCUT2D eigenvalue weighted by Crippen LogP contribution is -2.41. The van der Waals surface area contributed by atoms with Gasteiger partial charge >= 0.3 is 0 Å². The van der Waals surface area contributed by atoms with Crippen LogP contribution in [0.25, 0.3) is 0 Å². The first-order valence-corrected chi connectivity index (χ1v) is 9.25. The van der Waals surface area contributed by atoms with Gasteiger partial charge in [-0.25, -0.2) is 0 Å². The van der Waals surface area contributed by atoms with Crippen LogP contribution < -0.4 is 10.1 Å². The standard InChI is InChI=1S/C19H27N3O2S/c1-20-19(22(2)11-9-18-8-5-13-25-18)21-10-12-24-15-16-6-4-7-17(14-16)23-3/h4-8,13-14H,9-12,15H2,1-3H3,(H,20,21). The van der Waals surface area contributed by atoms with E-state index in [1.807, 2.05) is 24.3 Å². The molecule has 0 aliphatic rings. The molecule has 5 nitrogen and oxygen atoms in total. The van der Waals surface area contributed by atoms with Crippen molar-refractivity contribution >= 4 is 17.3 Å². The fourth-order valence-corrected chi connectivity index (χ4v) is 3.11. The van der Waals surface area contributed by atoms with E-state index in [0.29, 0.717) is 13.2 Å². The highest BCUT2D eigenvalue weighted by atomic mass is 32.1. The van der Waals surface area contributed by atoms with E-state index in [1.165, 1.54) is 4.88 Å². The summed E-state index contributed by atoms with van der Waals surface area (Å²) in [6.45, 7) is 2.85. The van der Waals surface area contributed by atoms with Crippen molar-refractivity contribution in [1.29, 1.82) is 0 Å². The molecule has 0 aliphatic heterocycles. The molecule has 2 aromatic rings. The summed E-state index contributed by atoms with van der Waals surface area (Å²) in [6, 6.07) is 12.2. The van der Waals surface area contributed by atoms with Crippen LogP contribution in [0.1, 0.15) is 10.4 Å². The van der Waals surface area contributed by atoms with Crippen LogP contribution in [0.2, 0.25) is 0 Å². The summed E-state index contributed by atoms with van der Waals surface area (Å²) in [5.74, 6) is 1.74. The summed E-state index contributed by atoms with van der Waals surface area (Å²) >= 11 is 1.79. The summed E-state index contributed by atoms with van der Waals surface area (Å²) in [4.78, 5) is 7.86.